The zero-order valence-corrected chi connectivity index (χ0v) is 41.3. The number of carboxylic acid groups (broad SMARTS) is 1. The molecule has 0 saturated heterocycles. The van der Waals surface area contributed by atoms with Crippen molar-refractivity contribution in [3.8, 4) is 0 Å². The van der Waals surface area contributed by atoms with E-state index in [-0.39, 0.29) is 127 Å². The number of aromatic nitrogens is 2. The van der Waals surface area contributed by atoms with E-state index < -0.39 is 83.7 Å². The van der Waals surface area contributed by atoms with Crippen LogP contribution in [0.4, 0.5) is 0 Å². The summed E-state index contributed by atoms with van der Waals surface area (Å²) in [4.78, 5) is 103. The van der Waals surface area contributed by atoms with E-state index >= 15 is 0 Å². The van der Waals surface area contributed by atoms with Gasteiger partial charge < -0.3 is 103 Å². The molecule has 0 fully saturated rings. The first kappa shape index (κ1) is 63.5. The molecule has 0 radical (unpaired) electrons. The lowest BCUT2D eigenvalue weighted by molar-refractivity contribution is -0.142. The first-order valence-electron chi connectivity index (χ1n) is 24.2. The van der Waals surface area contributed by atoms with Gasteiger partial charge in [0, 0.05) is 38.8 Å². The number of hydrogen-bond acceptors (Lipinski definition) is 15. The Kier molecular flexibility index (Phi) is 31.6. The van der Waals surface area contributed by atoms with Crippen molar-refractivity contribution in [1.82, 2.24) is 63.1 Å². The molecule has 1 rings (SSSR count). The second-order valence-electron chi connectivity index (χ2n) is 17.1. The molecule has 1 heterocycles. The fraction of sp³-hybridized carbons (Fsp3) is 0.667. The Hall–Kier alpha value is -7.54. The number of nitrogens with two attached hydrogens (primary N) is 7. The smallest absolute Gasteiger partial charge is 0.326 e. The number of carboxylic acids is 1. The highest BCUT2D eigenvalue weighted by molar-refractivity contribution is 5.97. The summed E-state index contributed by atoms with van der Waals surface area (Å²) in [6.45, 7) is 1.24. The van der Waals surface area contributed by atoms with E-state index in [1.807, 2.05) is 0 Å². The summed E-state index contributed by atoms with van der Waals surface area (Å²) in [6.07, 6.45) is 5.43. The van der Waals surface area contributed by atoms with Gasteiger partial charge in [0.25, 0.3) is 0 Å². The molecular weight excluding hydrogens is 955 g/mol. The molecule has 1 aromatic rings. The van der Waals surface area contributed by atoms with Crippen LogP contribution in [0.25, 0.3) is 0 Å². The molecule has 1 aromatic heterocycles. The largest absolute Gasteiger partial charge is 0.480 e. The lowest BCUT2D eigenvalue weighted by Crippen LogP contribution is -2.60. The number of unbranched alkanes of at least 4 members (excludes halogenated alkanes) is 2. The summed E-state index contributed by atoms with van der Waals surface area (Å²) in [5.74, 6) is -7.29. The Morgan fingerprint density at radius 3 is 1.14 bits per heavy atom. The van der Waals surface area contributed by atoms with Crippen molar-refractivity contribution in [3.63, 3.8) is 0 Å². The summed E-state index contributed by atoms with van der Waals surface area (Å²) in [5.41, 5.74) is 39.4. The van der Waals surface area contributed by atoms with Gasteiger partial charge in [-0.25, -0.2) is 9.78 Å². The normalized spacial score (nSPS) is 13.7. The number of amides is 6. The molecule has 0 bridgehead atoms. The molecule has 7 atom stereocenters. The van der Waals surface area contributed by atoms with Crippen LogP contribution in [0.1, 0.15) is 95.6 Å². The van der Waals surface area contributed by atoms with Gasteiger partial charge in [-0.2, -0.15) is 0 Å². The maximum Gasteiger partial charge on any atom is 0.326 e. The van der Waals surface area contributed by atoms with Crippen LogP contribution in [0, 0.1) is 21.6 Å². The Bertz CT molecular complexity index is 1920. The molecule has 0 aliphatic rings. The first-order valence-corrected chi connectivity index (χ1v) is 24.2. The molecule has 0 aliphatic heterocycles. The molecule has 31 heteroatoms. The minimum Gasteiger partial charge on any atom is -0.480 e. The lowest BCUT2D eigenvalue weighted by Gasteiger charge is -2.28. The van der Waals surface area contributed by atoms with Crippen molar-refractivity contribution in [2.24, 2.45) is 40.1 Å². The van der Waals surface area contributed by atoms with Crippen LogP contribution < -0.4 is 93.3 Å². The van der Waals surface area contributed by atoms with Gasteiger partial charge in [-0.15, -0.1) is 0 Å². The third-order valence-electron chi connectivity index (χ3n) is 10.9. The van der Waals surface area contributed by atoms with E-state index in [4.69, 9.17) is 61.8 Å². The van der Waals surface area contributed by atoms with Gasteiger partial charge in [0.1, 0.15) is 36.3 Å². The third-order valence-corrected chi connectivity index (χ3v) is 10.9. The van der Waals surface area contributed by atoms with Crippen LogP contribution in [-0.4, -0.2) is 162 Å². The minimum atomic E-state index is -1.41. The van der Waals surface area contributed by atoms with E-state index in [9.17, 15) is 38.7 Å². The molecule has 0 saturated carbocycles. The lowest BCUT2D eigenvalue weighted by atomic mass is 10.0. The second kappa shape index (κ2) is 36.4. The fourth-order valence-electron chi connectivity index (χ4n) is 7.04. The summed E-state index contributed by atoms with van der Waals surface area (Å²) < 4.78 is 0. The number of carbonyl (C=O) groups is 7. The van der Waals surface area contributed by atoms with Crippen molar-refractivity contribution in [2.75, 3.05) is 39.3 Å². The SMILES string of the molecule is N=C(N)NCCC[C@H](NC(=O)[C@H](CCCNC(=N)N)NC(=O)[C@H](CCCCN)NC(=O)[C@H](Cc1c[nH]cn1)NC(=O)[C@H](CCCCN)NC(=O)[C@H](CCCNC(=N)N)NC(=O)[C@@H](N)CCCNC(=N)N)C(=O)O. The predicted octanol–water partition coefficient (Wildman–Crippen LogP) is -6.42. The topological polar surface area (TPSA) is 566 Å². The number of aromatic amines is 1. The van der Waals surface area contributed by atoms with Gasteiger partial charge in [-0.1, -0.05) is 0 Å². The highest BCUT2D eigenvalue weighted by Crippen LogP contribution is 2.10. The van der Waals surface area contributed by atoms with E-state index in [1.165, 1.54) is 12.5 Å². The number of rotatable bonds is 39. The number of nitrogens with one attached hydrogen (secondary N) is 15. The van der Waals surface area contributed by atoms with Gasteiger partial charge in [0.15, 0.2) is 23.8 Å². The highest BCUT2D eigenvalue weighted by atomic mass is 16.4. The molecule has 30 N–H and O–H groups in total. The molecule has 0 aliphatic carbocycles. The van der Waals surface area contributed by atoms with Crippen molar-refractivity contribution < 1.29 is 38.7 Å². The maximum absolute atomic E-state index is 14.4. The fourth-order valence-corrected chi connectivity index (χ4v) is 7.04. The zero-order valence-electron chi connectivity index (χ0n) is 41.3. The van der Waals surface area contributed by atoms with Crippen molar-refractivity contribution in [3.05, 3.63) is 18.2 Å². The van der Waals surface area contributed by atoms with E-state index in [0.29, 0.717) is 37.8 Å². The third kappa shape index (κ3) is 28.8. The van der Waals surface area contributed by atoms with Gasteiger partial charge in [-0.05, 0) is 103 Å². The monoisotopic (exact) mass is 1040 g/mol. The van der Waals surface area contributed by atoms with E-state index in [0.717, 1.165) is 0 Å². The van der Waals surface area contributed by atoms with Gasteiger partial charge in [0.05, 0.1) is 18.1 Å². The molecule has 0 spiro atoms. The quantitative estimate of drug-likeness (QED) is 0.0166. The van der Waals surface area contributed by atoms with Crippen LogP contribution in [0.15, 0.2) is 12.5 Å². The standard InChI is InChI=1S/C42H81N23O8/c43-15-3-1-10-26(33(67)62-29(13-7-19-57-41(50)51)35(69)64-30(38(72)73)14-8-20-58-42(52)53)63-37(71)31(21-24-22-54-23-59-24)65-36(70)27(11-2-4-16-44)61-34(68)28(12-6-18-56-40(48)49)60-32(66)25(45)9-5-17-55-39(46)47/h22-23,25-31H,1-21,43-45H2,(H,54,59)(H,60,66)(H,61,68)(H,62,67)(H,63,71)(H,64,69)(H,65,70)(H,72,73)(H4,46,47,55)(H4,48,49,56)(H4,50,51,57)(H4,52,53,58)/t25-,26-,27-,28-,29-,30-,31-/m0/s1. The summed E-state index contributed by atoms with van der Waals surface area (Å²) >= 11 is 0. The summed E-state index contributed by atoms with van der Waals surface area (Å²) in [5, 5.41) is 65.6. The average Bonchev–Trinajstić information content (AvgIpc) is 3.84. The van der Waals surface area contributed by atoms with Crippen molar-refractivity contribution in [1.29, 1.82) is 21.6 Å². The summed E-state index contributed by atoms with van der Waals surface area (Å²) in [6, 6.07) is -9.01. The Morgan fingerprint density at radius 1 is 0.479 bits per heavy atom. The van der Waals surface area contributed by atoms with E-state index in [2.05, 4.69) is 63.1 Å². The number of guanidine groups is 4. The average molecular weight is 1040 g/mol. The number of imidazole rings is 1. The molecule has 0 aromatic carbocycles. The van der Waals surface area contributed by atoms with Crippen molar-refractivity contribution in [2.45, 2.75) is 139 Å². The van der Waals surface area contributed by atoms with Crippen LogP contribution in [0.5, 0.6) is 0 Å². The zero-order chi connectivity index (χ0) is 54.7. The number of aliphatic carboxylic acids is 1. The second-order valence-corrected chi connectivity index (χ2v) is 17.1. The highest BCUT2D eigenvalue weighted by Gasteiger charge is 2.34. The molecule has 31 nitrogen and oxygen atoms in total. The number of nitrogens with zero attached hydrogens (tertiary/aromatic N) is 1. The Balaban J connectivity index is 3.51. The molecular formula is C42H81N23O8. The predicted molar refractivity (Wildman–Crippen MR) is 272 cm³/mol. The number of H-pyrrole nitrogens is 1. The minimum absolute atomic E-state index is 0.0186. The van der Waals surface area contributed by atoms with Gasteiger partial charge in [0.2, 0.25) is 35.4 Å². The summed E-state index contributed by atoms with van der Waals surface area (Å²) in [7, 11) is 0. The molecule has 0 unspecified atom stereocenters. The van der Waals surface area contributed by atoms with Gasteiger partial charge in [-0.3, -0.25) is 50.4 Å². The molecule has 73 heavy (non-hydrogen) atoms. The van der Waals surface area contributed by atoms with Crippen LogP contribution in [0.2, 0.25) is 0 Å². The Morgan fingerprint density at radius 2 is 0.795 bits per heavy atom. The van der Waals surface area contributed by atoms with Gasteiger partial charge >= 0.3 is 5.97 Å². The maximum atomic E-state index is 14.4. The van der Waals surface area contributed by atoms with Crippen LogP contribution in [-0.2, 0) is 40.0 Å². The first-order chi connectivity index (χ1) is 34.7. The number of carbonyl (C=O) groups excluding carboxylic acids is 6. The number of hydrogen-bond donors (Lipinski definition) is 23. The molecule has 6 amide bonds. The van der Waals surface area contributed by atoms with Crippen molar-refractivity contribution >= 4 is 65.3 Å². The van der Waals surface area contributed by atoms with Crippen LogP contribution >= 0.6 is 0 Å². The van der Waals surface area contributed by atoms with E-state index in [1.54, 1.807) is 0 Å². The Labute approximate surface area is 424 Å². The van der Waals surface area contributed by atoms with Crippen LogP contribution in [0.3, 0.4) is 0 Å². The molecule has 412 valence electrons.